The number of nitrogens with one attached hydrogen (secondary N) is 1. The van der Waals surface area contributed by atoms with E-state index in [0.717, 1.165) is 12.5 Å². The molecule has 0 spiro atoms. The second-order valence-corrected chi connectivity index (χ2v) is 3.00. The summed E-state index contributed by atoms with van der Waals surface area (Å²) in [5.41, 5.74) is 0. The highest BCUT2D eigenvalue weighted by Crippen LogP contribution is 2.40. The molecule has 2 nitrogen and oxygen atoms in total. The fourth-order valence-electron chi connectivity index (χ4n) is 1.25. The minimum atomic E-state index is -0.106. The number of aliphatic hydroxyl groups is 1. The van der Waals surface area contributed by atoms with Crippen LogP contribution in [0.15, 0.2) is 0 Å². The van der Waals surface area contributed by atoms with E-state index in [9.17, 15) is 5.11 Å². The van der Waals surface area contributed by atoms with Crippen LogP contribution in [0.5, 0.6) is 0 Å². The molecule has 3 unspecified atom stereocenters. The monoisotopic (exact) mass is 129 g/mol. The molecule has 0 radical (unpaired) electrons. The third-order valence-corrected chi connectivity index (χ3v) is 2.08. The predicted molar refractivity (Wildman–Crippen MR) is 37.2 cm³/mol. The first kappa shape index (κ1) is 7.03. The molecule has 0 saturated heterocycles. The fourth-order valence-corrected chi connectivity index (χ4v) is 1.25. The lowest BCUT2D eigenvalue weighted by Gasteiger charge is -2.06. The van der Waals surface area contributed by atoms with Gasteiger partial charge in [-0.15, -0.1) is 0 Å². The quantitative estimate of drug-likeness (QED) is 0.571. The van der Waals surface area contributed by atoms with Crippen molar-refractivity contribution in [2.75, 3.05) is 13.6 Å². The molecule has 3 atom stereocenters. The summed E-state index contributed by atoms with van der Waals surface area (Å²) in [5, 5.41) is 12.3. The SMILES string of the molecule is CNCC(O)C1CC1C. The van der Waals surface area contributed by atoms with Crippen molar-refractivity contribution in [3.8, 4) is 0 Å². The molecule has 2 N–H and O–H groups in total. The van der Waals surface area contributed by atoms with Crippen LogP contribution in [0.25, 0.3) is 0 Å². The zero-order chi connectivity index (χ0) is 6.85. The smallest absolute Gasteiger partial charge is 0.0695 e. The maximum Gasteiger partial charge on any atom is 0.0695 e. The Bertz CT molecular complexity index is 94.9. The number of likely N-dealkylation sites (N-methyl/N-ethyl adjacent to an activating group) is 1. The molecule has 1 aliphatic carbocycles. The third kappa shape index (κ3) is 1.66. The van der Waals surface area contributed by atoms with E-state index in [-0.39, 0.29) is 6.10 Å². The van der Waals surface area contributed by atoms with Gasteiger partial charge in [0, 0.05) is 6.54 Å². The van der Waals surface area contributed by atoms with Crippen LogP contribution in [0, 0.1) is 11.8 Å². The summed E-state index contributed by atoms with van der Waals surface area (Å²) in [6.07, 6.45) is 1.10. The van der Waals surface area contributed by atoms with Gasteiger partial charge in [0.2, 0.25) is 0 Å². The molecule has 0 aromatic carbocycles. The summed E-state index contributed by atoms with van der Waals surface area (Å²) < 4.78 is 0. The highest BCUT2D eigenvalue weighted by Gasteiger charge is 2.37. The number of rotatable bonds is 3. The van der Waals surface area contributed by atoms with E-state index in [2.05, 4.69) is 12.2 Å². The van der Waals surface area contributed by atoms with Crippen LogP contribution < -0.4 is 5.32 Å². The molecule has 1 aliphatic rings. The van der Waals surface area contributed by atoms with Gasteiger partial charge < -0.3 is 10.4 Å². The molecule has 0 aromatic rings. The molecular formula is C7H15NO. The Morgan fingerprint density at radius 1 is 1.78 bits per heavy atom. The molecule has 2 heteroatoms. The van der Waals surface area contributed by atoms with Crippen molar-refractivity contribution < 1.29 is 5.11 Å². The maximum atomic E-state index is 9.30. The Hall–Kier alpha value is -0.0800. The first-order valence-electron chi connectivity index (χ1n) is 3.58. The van der Waals surface area contributed by atoms with Gasteiger partial charge in [-0.25, -0.2) is 0 Å². The van der Waals surface area contributed by atoms with E-state index in [1.807, 2.05) is 7.05 Å². The molecule has 0 bridgehead atoms. The van der Waals surface area contributed by atoms with E-state index < -0.39 is 0 Å². The van der Waals surface area contributed by atoms with Gasteiger partial charge in [0.15, 0.2) is 0 Å². The average Bonchev–Trinajstić information content (AvgIpc) is 2.47. The fraction of sp³-hybridized carbons (Fsp3) is 1.00. The lowest BCUT2D eigenvalue weighted by Crippen LogP contribution is -2.25. The minimum Gasteiger partial charge on any atom is -0.392 e. The lowest BCUT2D eigenvalue weighted by molar-refractivity contribution is 0.146. The topological polar surface area (TPSA) is 32.3 Å². The van der Waals surface area contributed by atoms with Crippen LogP contribution in [-0.4, -0.2) is 24.8 Å². The lowest BCUT2D eigenvalue weighted by atomic mass is 10.2. The van der Waals surface area contributed by atoms with Crippen molar-refractivity contribution in [1.82, 2.24) is 5.32 Å². The molecular weight excluding hydrogens is 114 g/mol. The molecule has 0 heterocycles. The van der Waals surface area contributed by atoms with Gasteiger partial charge in [-0.3, -0.25) is 0 Å². The molecule has 0 amide bonds. The van der Waals surface area contributed by atoms with Gasteiger partial charge in [0.05, 0.1) is 6.10 Å². The Morgan fingerprint density at radius 2 is 2.33 bits per heavy atom. The normalized spacial score (nSPS) is 36.3. The van der Waals surface area contributed by atoms with Gasteiger partial charge in [-0.2, -0.15) is 0 Å². The summed E-state index contributed by atoms with van der Waals surface area (Å²) in [6, 6.07) is 0. The molecule has 54 valence electrons. The Kier molecular flexibility index (Phi) is 2.09. The zero-order valence-corrected chi connectivity index (χ0v) is 6.09. The Morgan fingerprint density at radius 3 is 2.67 bits per heavy atom. The largest absolute Gasteiger partial charge is 0.392 e. The van der Waals surface area contributed by atoms with Gasteiger partial charge in [-0.05, 0) is 25.3 Å². The van der Waals surface area contributed by atoms with Crippen molar-refractivity contribution in [2.45, 2.75) is 19.4 Å². The second-order valence-electron chi connectivity index (χ2n) is 3.00. The third-order valence-electron chi connectivity index (χ3n) is 2.08. The van der Waals surface area contributed by atoms with Gasteiger partial charge in [-0.1, -0.05) is 6.92 Å². The van der Waals surface area contributed by atoms with Crippen LogP contribution in [0.1, 0.15) is 13.3 Å². The highest BCUT2D eigenvalue weighted by atomic mass is 16.3. The van der Waals surface area contributed by atoms with Crippen molar-refractivity contribution in [2.24, 2.45) is 11.8 Å². The summed E-state index contributed by atoms with van der Waals surface area (Å²) in [5.74, 6) is 1.34. The molecule has 1 rings (SSSR count). The number of aliphatic hydroxyl groups excluding tert-OH is 1. The second kappa shape index (κ2) is 2.67. The van der Waals surface area contributed by atoms with Crippen LogP contribution in [0.3, 0.4) is 0 Å². The van der Waals surface area contributed by atoms with Crippen molar-refractivity contribution in [1.29, 1.82) is 0 Å². The van der Waals surface area contributed by atoms with E-state index in [1.165, 1.54) is 6.42 Å². The zero-order valence-electron chi connectivity index (χ0n) is 6.09. The first-order chi connectivity index (χ1) is 4.25. The van der Waals surface area contributed by atoms with Gasteiger partial charge in [0.1, 0.15) is 0 Å². The summed E-state index contributed by atoms with van der Waals surface area (Å²) >= 11 is 0. The molecule has 1 fully saturated rings. The maximum absolute atomic E-state index is 9.30. The first-order valence-corrected chi connectivity index (χ1v) is 3.58. The van der Waals surface area contributed by atoms with Crippen molar-refractivity contribution >= 4 is 0 Å². The Labute approximate surface area is 56.3 Å². The van der Waals surface area contributed by atoms with E-state index in [0.29, 0.717) is 5.92 Å². The molecule has 0 aliphatic heterocycles. The minimum absolute atomic E-state index is 0.106. The van der Waals surface area contributed by atoms with Crippen LogP contribution in [0.4, 0.5) is 0 Å². The van der Waals surface area contributed by atoms with Crippen molar-refractivity contribution in [3.63, 3.8) is 0 Å². The van der Waals surface area contributed by atoms with Crippen molar-refractivity contribution in [3.05, 3.63) is 0 Å². The highest BCUT2D eigenvalue weighted by molar-refractivity contribution is 4.88. The number of hydrogen-bond acceptors (Lipinski definition) is 2. The standard InChI is InChI=1S/C7H15NO/c1-5-3-6(5)7(9)4-8-2/h5-9H,3-4H2,1-2H3. The Balaban J connectivity index is 2.11. The molecule has 1 saturated carbocycles. The summed E-state index contributed by atoms with van der Waals surface area (Å²) in [6.45, 7) is 2.93. The van der Waals surface area contributed by atoms with Crippen LogP contribution >= 0.6 is 0 Å². The molecule has 9 heavy (non-hydrogen) atoms. The predicted octanol–water partition coefficient (Wildman–Crippen LogP) is 0.223. The van der Waals surface area contributed by atoms with Gasteiger partial charge in [0.25, 0.3) is 0 Å². The average molecular weight is 129 g/mol. The van der Waals surface area contributed by atoms with Crippen LogP contribution in [-0.2, 0) is 0 Å². The summed E-state index contributed by atoms with van der Waals surface area (Å²) in [4.78, 5) is 0. The van der Waals surface area contributed by atoms with Gasteiger partial charge >= 0.3 is 0 Å². The molecule has 0 aromatic heterocycles. The van der Waals surface area contributed by atoms with Crippen LogP contribution in [0.2, 0.25) is 0 Å². The van der Waals surface area contributed by atoms with E-state index >= 15 is 0 Å². The summed E-state index contributed by atoms with van der Waals surface area (Å²) in [7, 11) is 1.87. The van der Waals surface area contributed by atoms with E-state index in [4.69, 9.17) is 0 Å². The number of hydrogen-bond donors (Lipinski definition) is 2. The van der Waals surface area contributed by atoms with E-state index in [1.54, 1.807) is 0 Å².